The molecule has 0 unspecified atom stereocenters. The van der Waals surface area contributed by atoms with E-state index in [0.29, 0.717) is 25.7 Å². The van der Waals surface area contributed by atoms with Gasteiger partial charge in [0.05, 0.1) is 13.2 Å². The van der Waals surface area contributed by atoms with Crippen molar-refractivity contribution >= 4 is 5.91 Å². The number of rotatable bonds is 10. The average Bonchev–Trinajstić information content (AvgIpc) is 3.53. The molecule has 2 aromatic rings. The topological polar surface area (TPSA) is 41.6 Å². The fraction of sp³-hybridized carbons (Fsp3) is 0.435. The van der Waals surface area contributed by atoms with Crippen molar-refractivity contribution in [3.05, 3.63) is 70.8 Å². The Bertz CT molecular complexity index is 738. The Morgan fingerprint density at radius 2 is 1.74 bits per heavy atom. The van der Waals surface area contributed by atoms with Crippen LogP contribution in [0, 0.1) is 0 Å². The molecule has 1 aliphatic rings. The van der Waals surface area contributed by atoms with Gasteiger partial charge in [-0.2, -0.15) is 0 Å². The van der Waals surface area contributed by atoms with Crippen LogP contribution in [0.4, 0.5) is 0 Å². The third kappa shape index (κ3) is 5.91. The van der Waals surface area contributed by atoms with E-state index in [0.717, 1.165) is 24.1 Å². The van der Waals surface area contributed by atoms with Crippen molar-refractivity contribution < 1.29 is 9.53 Å². The molecule has 1 aliphatic carbocycles. The fourth-order valence-corrected chi connectivity index (χ4v) is 3.33. The van der Waals surface area contributed by atoms with Gasteiger partial charge < -0.3 is 10.1 Å². The molecule has 1 N–H and O–H groups in total. The number of ether oxygens (including phenoxy) is 1. The van der Waals surface area contributed by atoms with Gasteiger partial charge in [0.2, 0.25) is 5.91 Å². The second-order valence-corrected chi connectivity index (χ2v) is 7.28. The van der Waals surface area contributed by atoms with Crippen LogP contribution < -0.4 is 5.32 Å². The lowest BCUT2D eigenvalue weighted by Crippen LogP contribution is -2.38. The van der Waals surface area contributed by atoms with E-state index in [-0.39, 0.29) is 5.91 Å². The van der Waals surface area contributed by atoms with Gasteiger partial charge >= 0.3 is 0 Å². The molecule has 144 valence electrons. The number of nitrogens with zero attached hydrogens (tertiary/aromatic N) is 1. The SMILES string of the molecule is CCc1ccc(CN(CC(=O)NCc2ccccc2COC)C2CC2)cc1. The average molecular weight is 367 g/mol. The van der Waals surface area contributed by atoms with Gasteiger partial charge in [-0.25, -0.2) is 0 Å². The number of carbonyl (C=O) groups excluding carboxylic acids is 1. The summed E-state index contributed by atoms with van der Waals surface area (Å²) in [7, 11) is 1.69. The molecule has 0 aliphatic heterocycles. The number of methoxy groups -OCH3 is 1. The first kappa shape index (κ1) is 19.6. The number of hydrogen-bond donors (Lipinski definition) is 1. The molecule has 0 bridgehead atoms. The van der Waals surface area contributed by atoms with Gasteiger partial charge in [-0.3, -0.25) is 9.69 Å². The first-order valence-electron chi connectivity index (χ1n) is 9.84. The van der Waals surface area contributed by atoms with Gasteiger partial charge in [-0.05, 0) is 41.5 Å². The van der Waals surface area contributed by atoms with Crippen LogP contribution in [-0.2, 0) is 35.6 Å². The molecular weight excluding hydrogens is 336 g/mol. The predicted molar refractivity (Wildman–Crippen MR) is 108 cm³/mol. The lowest BCUT2D eigenvalue weighted by Gasteiger charge is -2.22. The first-order chi connectivity index (χ1) is 13.2. The van der Waals surface area contributed by atoms with Gasteiger partial charge in [0, 0.05) is 26.2 Å². The molecule has 0 radical (unpaired) electrons. The highest BCUT2D eigenvalue weighted by molar-refractivity contribution is 5.78. The zero-order chi connectivity index (χ0) is 19.1. The number of carbonyl (C=O) groups is 1. The third-order valence-corrected chi connectivity index (χ3v) is 5.12. The number of benzene rings is 2. The maximum Gasteiger partial charge on any atom is 0.234 e. The minimum Gasteiger partial charge on any atom is -0.380 e. The predicted octanol–water partition coefficient (Wildman–Crippen LogP) is 3.68. The van der Waals surface area contributed by atoms with Crippen molar-refractivity contribution in [3.63, 3.8) is 0 Å². The van der Waals surface area contributed by atoms with Gasteiger partial charge in [0.15, 0.2) is 0 Å². The Balaban J connectivity index is 1.54. The maximum atomic E-state index is 12.5. The second kappa shape index (κ2) is 9.67. The number of amides is 1. The quantitative estimate of drug-likeness (QED) is 0.697. The molecule has 1 fully saturated rings. The molecule has 0 saturated heterocycles. The molecular formula is C23H30N2O2. The summed E-state index contributed by atoms with van der Waals surface area (Å²) < 4.78 is 5.24. The Kier molecular flexibility index (Phi) is 7.02. The van der Waals surface area contributed by atoms with Gasteiger partial charge in [0.1, 0.15) is 0 Å². The van der Waals surface area contributed by atoms with E-state index in [4.69, 9.17) is 4.74 Å². The van der Waals surface area contributed by atoms with E-state index in [1.807, 2.05) is 24.3 Å². The van der Waals surface area contributed by atoms with Crippen molar-refractivity contribution in [2.75, 3.05) is 13.7 Å². The lowest BCUT2D eigenvalue weighted by atomic mass is 10.1. The molecule has 0 aromatic heterocycles. The summed E-state index contributed by atoms with van der Waals surface area (Å²) in [6.07, 6.45) is 3.44. The Morgan fingerprint density at radius 3 is 2.37 bits per heavy atom. The molecule has 4 nitrogen and oxygen atoms in total. The summed E-state index contributed by atoms with van der Waals surface area (Å²) >= 11 is 0. The van der Waals surface area contributed by atoms with E-state index >= 15 is 0 Å². The van der Waals surface area contributed by atoms with Crippen LogP contribution in [-0.4, -0.2) is 30.5 Å². The standard InChI is InChI=1S/C23H30N2O2/c1-3-18-8-10-19(11-9-18)15-25(22-12-13-22)16-23(26)24-14-20-6-4-5-7-21(20)17-27-2/h4-11,22H,3,12-17H2,1-2H3,(H,24,26). The molecule has 4 heteroatoms. The van der Waals surface area contributed by atoms with Crippen molar-refractivity contribution in [1.29, 1.82) is 0 Å². The summed E-state index contributed by atoms with van der Waals surface area (Å²) in [5.74, 6) is 0.0827. The Morgan fingerprint density at radius 1 is 1.07 bits per heavy atom. The summed E-state index contributed by atoms with van der Waals surface area (Å²) in [6, 6.07) is 17.4. The van der Waals surface area contributed by atoms with Crippen LogP contribution >= 0.6 is 0 Å². The fourth-order valence-electron chi connectivity index (χ4n) is 3.33. The summed E-state index contributed by atoms with van der Waals surface area (Å²) in [4.78, 5) is 14.8. The number of hydrogen-bond acceptors (Lipinski definition) is 3. The molecule has 0 heterocycles. The molecule has 1 amide bonds. The van der Waals surface area contributed by atoms with Crippen LogP contribution in [0.2, 0.25) is 0 Å². The normalized spacial score (nSPS) is 13.7. The maximum absolute atomic E-state index is 12.5. The monoisotopic (exact) mass is 366 g/mol. The van der Waals surface area contributed by atoms with Gasteiger partial charge in [-0.15, -0.1) is 0 Å². The summed E-state index contributed by atoms with van der Waals surface area (Å²) in [5, 5.41) is 3.08. The van der Waals surface area contributed by atoms with Crippen molar-refractivity contribution in [2.24, 2.45) is 0 Å². The largest absolute Gasteiger partial charge is 0.380 e. The molecule has 1 saturated carbocycles. The van der Waals surface area contributed by atoms with Crippen LogP contribution in [0.1, 0.15) is 42.0 Å². The molecule has 0 spiro atoms. The smallest absolute Gasteiger partial charge is 0.234 e. The zero-order valence-corrected chi connectivity index (χ0v) is 16.4. The van der Waals surface area contributed by atoms with E-state index in [1.165, 1.54) is 24.0 Å². The molecule has 27 heavy (non-hydrogen) atoms. The Hall–Kier alpha value is -2.17. The van der Waals surface area contributed by atoms with E-state index in [1.54, 1.807) is 7.11 Å². The van der Waals surface area contributed by atoms with E-state index in [2.05, 4.69) is 41.4 Å². The highest BCUT2D eigenvalue weighted by Gasteiger charge is 2.30. The molecule has 0 atom stereocenters. The number of nitrogens with one attached hydrogen (secondary N) is 1. The van der Waals surface area contributed by atoms with Crippen molar-refractivity contribution in [3.8, 4) is 0 Å². The van der Waals surface area contributed by atoms with E-state index in [9.17, 15) is 4.79 Å². The molecule has 3 rings (SSSR count). The first-order valence-corrected chi connectivity index (χ1v) is 9.84. The Labute approximate surface area is 162 Å². The third-order valence-electron chi connectivity index (χ3n) is 5.12. The van der Waals surface area contributed by atoms with Crippen LogP contribution in [0.25, 0.3) is 0 Å². The van der Waals surface area contributed by atoms with Crippen molar-refractivity contribution in [2.45, 2.75) is 51.9 Å². The summed E-state index contributed by atoms with van der Waals surface area (Å²) in [6.45, 7) is 4.56. The molecule has 2 aromatic carbocycles. The van der Waals surface area contributed by atoms with Crippen molar-refractivity contribution in [1.82, 2.24) is 10.2 Å². The van der Waals surface area contributed by atoms with Gasteiger partial charge in [0.25, 0.3) is 0 Å². The summed E-state index contributed by atoms with van der Waals surface area (Å²) in [5.41, 5.74) is 4.86. The second-order valence-electron chi connectivity index (χ2n) is 7.28. The van der Waals surface area contributed by atoms with Crippen LogP contribution in [0.3, 0.4) is 0 Å². The number of aryl methyl sites for hydroxylation is 1. The highest BCUT2D eigenvalue weighted by atomic mass is 16.5. The van der Waals surface area contributed by atoms with Gasteiger partial charge in [-0.1, -0.05) is 55.5 Å². The lowest BCUT2D eigenvalue weighted by molar-refractivity contribution is -0.122. The zero-order valence-electron chi connectivity index (χ0n) is 16.4. The van der Waals surface area contributed by atoms with E-state index < -0.39 is 0 Å². The minimum absolute atomic E-state index is 0.0827. The van der Waals surface area contributed by atoms with Crippen LogP contribution in [0.5, 0.6) is 0 Å². The minimum atomic E-state index is 0.0827. The highest BCUT2D eigenvalue weighted by Crippen LogP contribution is 2.28. The van der Waals surface area contributed by atoms with Crippen LogP contribution in [0.15, 0.2) is 48.5 Å².